The van der Waals surface area contributed by atoms with Crippen LogP contribution in [0.5, 0.6) is 0 Å². The number of hydrogen-bond donors (Lipinski definition) is 2. The standard InChI is InChI=1S/C15H20N2O/c1-5-16-8-13(18)15-11(4)17-12-7-9(2)6-10(3)14(12)15/h6-7,16-17H,5,8H2,1-4H3. The van der Waals surface area contributed by atoms with Gasteiger partial charge in [-0.2, -0.15) is 0 Å². The molecule has 3 heteroatoms. The van der Waals surface area contributed by atoms with Crippen molar-refractivity contribution in [3.05, 3.63) is 34.5 Å². The van der Waals surface area contributed by atoms with Crippen molar-refractivity contribution in [3.8, 4) is 0 Å². The van der Waals surface area contributed by atoms with Gasteiger partial charge in [-0.1, -0.05) is 13.0 Å². The minimum atomic E-state index is 0.160. The summed E-state index contributed by atoms with van der Waals surface area (Å²) in [7, 11) is 0. The van der Waals surface area contributed by atoms with Crippen LogP contribution in [-0.4, -0.2) is 23.9 Å². The van der Waals surface area contributed by atoms with Gasteiger partial charge in [0.2, 0.25) is 0 Å². The van der Waals surface area contributed by atoms with Crippen LogP contribution in [0, 0.1) is 20.8 Å². The summed E-state index contributed by atoms with van der Waals surface area (Å²) < 4.78 is 0. The quantitative estimate of drug-likeness (QED) is 0.812. The highest BCUT2D eigenvalue weighted by Crippen LogP contribution is 2.27. The van der Waals surface area contributed by atoms with Crippen molar-refractivity contribution < 1.29 is 4.79 Å². The molecular weight excluding hydrogens is 224 g/mol. The van der Waals surface area contributed by atoms with Gasteiger partial charge < -0.3 is 10.3 Å². The number of Topliss-reactive ketones (excluding diaryl/α,β-unsaturated/α-hetero) is 1. The van der Waals surface area contributed by atoms with E-state index < -0.39 is 0 Å². The van der Waals surface area contributed by atoms with Gasteiger partial charge >= 0.3 is 0 Å². The summed E-state index contributed by atoms with van der Waals surface area (Å²) in [6.07, 6.45) is 0. The summed E-state index contributed by atoms with van der Waals surface area (Å²) in [6.45, 7) is 9.32. The maximum atomic E-state index is 12.3. The minimum absolute atomic E-state index is 0.160. The van der Waals surface area contributed by atoms with E-state index in [0.717, 1.165) is 34.3 Å². The molecule has 0 atom stereocenters. The van der Waals surface area contributed by atoms with Crippen molar-refractivity contribution in [2.75, 3.05) is 13.1 Å². The summed E-state index contributed by atoms with van der Waals surface area (Å²) in [5.74, 6) is 0.160. The molecule has 0 aliphatic rings. The lowest BCUT2D eigenvalue weighted by atomic mass is 10.0. The molecule has 2 N–H and O–H groups in total. The molecule has 18 heavy (non-hydrogen) atoms. The van der Waals surface area contributed by atoms with E-state index in [0.29, 0.717) is 6.54 Å². The molecule has 0 unspecified atom stereocenters. The Labute approximate surface area is 108 Å². The van der Waals surface area contributed by atoms with Crippen molar-refractivity contribution in [1.82, 2.24) is 10.3 Å². The molecule has 0 spiro atoms. The first-order chi connectivity index (χ1) is 8.54. The molecule has 1 aromatic carbocycles. The largest absolute Gasteiger partial charge is 0.358 e. The number of carbonyl (C=O) groups is 1. The average molecular weight is 244 g/mol. The molecule has 96 valence electrons. The highest BCUT2D eigenvalue weighted by Gasteiger charge is 2.17. The molecule has 0 saturated heterocycles. The molecule has 2 rings (SSSR count). The van der Waals surface area contributed by atoms with E-state index in [1.807, 2.05) is 13.8 Å². The Kier molecular flexibility index (Phi) is 3.53. The number of ketones is 1. The summed E-state index contributed by atoms with van der Waals surface area (Å²) in [5, 5.41) is 4.17. The molecule has 0 amide bonds. The van der Waals surface area contributed by atoms with Gasteiger partial charge in [0.15, 0.2) is 5.78 Å². The second-order valence-electron chi connectivity index (χ2n) is 4.83. The van der Waals surface area contributed by atoms with Gasteiger partial charge in [-0.15, -0.1) is 0 Å². The van der Waals surface area contributed by atoms with Crippen molar-refractivity contribution in [2.45, 2.75) is 27.7 Å². The zero-order valence-corrected chi connectivity index (χ0v) is 11.5. The zero-order chi connectivity index (χ0) is 13.3. The lowest BCUT2D eigenvalue weighted by molar-refractivity contribution is 0.0992. The molecule has 0 aliphatic heterocycles. The molecule has 0 radical (unpaired) electrons. The fourth-order valence-corrected chi connectivity index (χ4v) is 2.53. The number of fused-ring (bicyclic) bond motifs is 1. The Bertz CT molecular complexity index is 596. The SMILES string of the molecule is CCNCC(=O)c1c(C)[nH]c2cc(C)cc(C)c12. The molecule has 3 nitrogen and oxygen atoms in total. The Morgan fingerprint density at radius 2 is 2.00 bits per heavy atom. The van der Waals surface area contributed by atoms with Crippen LogP contribution in [0.15, 0.2) is 12.1 Å². The van der Waals surface area contributed by atoms with Crippen molar-refractivity contribution in [3.63, 3.8) is 0 Å². The summed E-state index contributed by atoms with van der Waals surface area (Å²) >= 11 is 0. The first-order valence-corrected chi connectivity index (χ1v) is 6.38. The number of aromatic nitrogens is 1. The first-order valence-electron chi connectivity index (χ1n) is 6.38. The van der Waals surface area contributed by atoms with Crippen LogP contribution in [0.2, 0.25) is 0 Å². The van der Waals surface area contributed by atoms with Gasteiger partial charge in [0.1, 0.15) is 0 Å². The first kappa shape index (κ1) is 12.8. The number of hydrogen-bond acceptors (Lipinski definition) is 2. The van der Waals surface area contributed by atoms with Crippen molar-refractivity contribution in [2.24, 2.45) is 0 Å². The van der Waals surface area contributed by atoms with Crippen LogP contribution in [0.25, 0.3) is 10.9 Å². The lowest BCUT2D eigenvalue weighted by Gasteiger charge is -2.04. The number of aromatic amines is 1. The van der Waals surface area contributed by atoms with Crippen LogP contribution in [0.3, 0.4) is 0 Å². The molecule has 0 aliphatic carbocycles. The molecule has 0 bridgehead atoms. The van der Waals surface area contributed by atoms with Gasteiger partial charge in [0, 0.05) is 22.2 Å². The predicted molar refractivity (Wildman–Crippen MR) is 75.4 cm³/mol. The number of carbonyl (C=O) groups excluding carboxylic acids is 1. The number of rotatable bonds is 4. The number of aryl methyl sites for hydroxylation is 3. The highest BCUT2D eigenvalue weighted by atomic mass is 16.1. The Hall–Kier alpha value is -1.61. The smallest absolute Gasteiger partial charge is 0.179 e. The van der Waals surface area contributed by atoms with E-state index in [2.05, 4.69) is 36.3 Å². The molecule has 2 aromatic rings. The van der Waals surface area contributed by atoms with Crippen LogP contribution < -0.4 is 5.32 Å². The third-order valence-electron chi connectivity index (χ3n) is 3.24. The van der Waals surface area contributed by atoms with E-state index in [1.165, 1.54) is 5.56 Å². The molecule has 0 saturated carbocycles. The third-order valence-corrected chi connectivity index (χ3v) is 3.24. The number of H-pyrrole nitrogens is 1. The third kappa shape index (κ3) is 2.18. The van der Waals surface area contributed by atoms with Crippen LogP contribution in [0.4, 0.5) is 0 Å². The van der Waals surface area contributed by atoms with Crippen LogP contribution in [0.1, 0.15) is 34.1 Å². The Morgan fingerprint density at radius 1 is 1.28 bits per heavy atom. The predicted octanol–water partition coefficient (Wildman–Crippen LogP) is 2.89. The van der Waals surface area contributed by atoms with Crippen LogP contribution >= 0.6 is 0 Å². The van der Waals surface area contributed by atoms with Gasteiger partial charge in [-0.05, 0) is 44.5 Å². The minimum Gasteiger partial charge on any atom is -0.358 e. The molecule has 1 heterocycles. The van der Waals surface area contributed by atoms with E-state index in [1.54, 1.807) is 0 Å². The second kappa shape index (κ2) is 4.94. The number of nitrogens with one attached hydrogen (secondary N) is 2. The zero-order valence-electron chi connectivity index (χ0n) is 11.5. The number of likely N-dealkylation sites (N-methyl/N-ethyl adjacent to an activating group) is 1. The summed E-state index contributed by atoms with van der Waals surface area (Å²) in [5.41, 5.74) is 5.23. The molecule has 0 fully saturated rings. The van der Waals surface area contributed by atoms with Gasteiger partial charge in [-0.3, -0.25) is 4.79 Å². The van der Waals surface area contributed by atoms with E-state index in [9.17, 15) is 4.79 Å². The number of benzene rings is 1. The fourth-order valence-electron chi connectivity index (χ4n) is 2.53. The Morgan fingerprint density at radius 3 is 2.67 bits per heavy atom. The molecule has 1 aromatic heterocycles. The maximum absolute atomic E-state index is 12.3. The topological polar surface area (TPSA) is 44.9 Å². The molecular formula is C15H20N2O. The van der Waals surface area contributed by atoms with Crippen LogP contribution in [-0.2, 0) is 0 Å². The summed E-state index contributed by atoms with van der Waals surface area (Å²) in [4.78, 5) is 15.6. The second-order valence-corrected chi connectivity index (χ2v) is 4.83. The fraction of sp³-hybridized carbons (Fsp3) is 0.400. The Balaban J connectivity index is 2.56. The van der Waals surface area contributed by atoms with Gasteiger partial charge in [0.05, 0.1) is 6.54 Å². The van der Waals surface area contributed by atoms with E-state index in [-0.39, 0.29) is 5.78 Å². The van der Waals surface area contributed by atoms with Crippen molar-refractivity contribution >= 4 is 16.7 Å². The van der Waals surface area contributed by atoms with Gasteiger partial charge in [0.25, 0.3) is 0 Å². The van der Waals surface area contributed by atoms with E-state index >= 15 is 0 Å². The monoisotopic (exact) mass is 244 g/mol. The van der Waals surface area contributed by atoms with E-state index in [4.69, 9.17) is 0 Å². The normalized spacial score (nSPS) is 11.1. The van der Waals surface area contributed by atoms with Gasteiger partial charge in [-0.25, -0.2) is 0 Å². The highest BCUT2D eigenvalue weighted by molar-refractivity contribution is 6.11. The lowest BCUT2D eigenvalue weighted by Crippen LogP contribution is -2.22. The summed E-state index contributed by atoms with van der Waals surface area (Å²) in [6, 6.07) is 4.22. The van der Waals surface area contributed by atoms with Crippen molar-refractivity contribution in [1.29, 1.82) is 0 Å². The average Bonchev–Trinajstić information content (AvgIpc) is 2.62. The maximum Gasteiger partial charge on any atom is 0.179 e.